The second-order valence-electron chi connectivity index (χ2n) is 17.2. The van der Waals surface area contributed by atoms with E-state index in [-0.39, 0.29) is 31.1 Å². The molecule has 0 aliphatic heterocycles. The van der Waals surface area contributed by atoms with Gasteiger partial charge in [-0.2, -0.15) is 0 Å². The highest BCUT2D eigenvalue weighted by Gasteiger charge is 2.19. The van der Waals surface area contributed by atoms with Gasteiger partial charge in [-0.25, -0.2) is 0 Å². The summed E-state index contributed by atoms with van der Waals surface area (Å²) in [5.74, 6) is -0.0293. The topological polar surface area (TPSA) is 78.9 Å². The van der Waals surface area contributed by atoms with E-state index in [1.165, 1.54) is 161 Å². The van der Waals surface area contributed by atoms with Crippen molar-refractivity contribution in [3.05, 3.63) is 0 Å². The smallest absolute Gasteiger partial charge is 0.306 e. The standard InChI is InChI=1S/C49H94O6/c1-5-7-9-11-12-13-14-15-16-17-18-19-24-27-30-34-38-42-49(52)55-46(43-53-47(50)40-36-31-10-8-6-2)44-54-48(51)41-37-33-29-26-23-21-20-22-25-28-32-35-39-45(3)4/h45-46H,5-44H2,1-4H3/t46-/m0/s1. The maximum atomic E-state index is 12.7. The molecule has 0 heterocycles. The van der Waals surface area contributed by atoms with E-state index >= 15 is 0 Å². The first-order valence-electron chi connectivity index (χ1n) is 24.4. The van der Waals surface area contributed by atoms with Crippen LogP contribution in [0.1, 0.15) is 272 Å². The maximum absolute atomic E-state index is 12.7. The molecule has 0 aliphatic carbocycles. The molecule has 6 heteroatoms. The summed E-state index contributed by atoms with van der Waals surface area (Å²) in [7, 11) is 0. The molecule has 0 aliphatic rings. The highest BCUT2D eigenvalue weighted by Crippen LogP contribution is 2.17. The van der Waals surface area contributed by atoms with Gasteiger partial charge in [0, 0.05) is 19.3 Å². The van der Waals surface area contributed by atoms with E-state index < -0.39 is 6.10 Å². The molecule has 0 saturated carbocycles. The molecule has 0 spiro atoms. The van der Waals surface area contributed by atoms with Gasteiger partial charge in [0.05, 0.1) is 0 Å². The number of hydrogen-bond acceptors (Lipinski definition) is 6. The van der Waals surface area contributed by atoms with Gasteiger partial charge in [-0.3, -0.25) is 14.4 Å². The van der Waals surface area contributed by atoms with E-state index in [1.54, 1.807) is 0 Å². The Labute approximate surface area is 342 Å². The lowest BCUT2D eigenvalue weighted by molar-refractivity contribution is -0.167. The average molecular weight is 779 g/mol. The van der Waals surface area contributed by atoms with E-state index in [1.807, 2.05) is 0 Å². The predicted molar refractivity (Wildman–Crippen MR) is 233 cm³/mol. The summed E-state index contributed by atoms with van der Waals surface area (Å²) in [5, 5.41) is 0. The Balaban J connectivity index is 4.14. The Kier molecular flexibility index (Phi) is 42.3. The van der Waals surface area contributed by atoms with Gasteiger partial charge in [-0.15, -0.1) is 0 Å². The Hall–Kier alpha value is -1.59. The largest absolute Gasteiger partial charge is 0.462 e. The number of rotatable bonds is 44. The zero-order chi connectivity index (χ0) is 40.3. The van der Waals surface area contributed by atoms with E-state index in [9.17, 15) is 14.4 Å². The van der Waals surface area contributed by atoms with E-state index in [0.717, 1.165) is 70.1 Å². The Morgan fingerprint density at radius 3 is 0.891 bits per heavy atom. The molecule has 0 amide bonds. The first kappa shape index (κ1) is 53.4. The lowest BCUT2D eigenvalue weighted by Gasteiger charge is -2.18. The molecule has 0 unspecified atom stereocenters. The van der Waals surface area contributed by atoms with Crippen LogP contribution in [0, 0.1) is 5.92 Å². The average Bonchev–Trinajstić information content (AvgIpc) is 3.17. The quantitative estimate of drug-likeness (QED) is 0.0348. The van der Waals surface area contributed by atoms with Crippen LogP contribution in [0.15, 0.2) is 0 Å². The molecule has 0 radical (unpaired) electrons. The monoisotopic (exact) mass is 779 g/mol. The van der Waals surface area contributed by atoms with Crippen molar-refractivity contribution in [2.24, 2.45) is 5.92 Å². The number of unbranched alkanes of at least 4 members (excludes halogenated alkanes) is 31. The molecule has 55 heavy (non-hydrogen) atoms. The van der Waals surface area contributed by atoms with Gasteiger partial charge < -0.3 is 14.2 Å². The van der Waals surface area contributed by atoms with Crippen LogP contribution in [0.5, 0.6) is 0 Å². The molecule has 1 atom stereocenters. The summed E-state index contributed by atoms with van der Waals surface area (Å²) in [4.78, 5) is 37.6. The number of hydrogen-bond donors (Lipinski definition) is 0. The van der Waals surface area contributed by atoms with Gasteiger partial charge in [0.25, 0.3) is 0 Å². The van der Waals surface area contributed by atoms with Crippen molar-refractivity contribution in [3.63, 3.8) is 0 Å². The third-order valence-electron chi connectivity index (χ3n) is 11.0. The van der Waals surface area contributed by atoms with Crippen molar-refractivity contribution >= 4 is 17.9 Å². The first-order valence-corrected chi connectivity index (χ1v) is 24.4. The minimum absolute atomic E-state index is 0.0644. The third-order valence-corrected chi connectivity index (χ3v) is 11.0. The third kappa shape index (κ3) is 43.4. The lowest BCUT2D eigenvalue weighted by Crippen LogP contribution is -2.30. The van der Waals surface area contributed by atoms with Gasteiger partial charge >= 0.3 is 17.9 Å². The summed E-state index contributed by atoms with van der Waals surface area (Å²) in [6, 6.07) is 0. The number of esters is 3. The van der Waals surface area contributed by atoms with E-state index in [2.05, 4.69) is 27.7 Å². The van der Waals surface area contributed by atoms with Crippen LogP contribution in [-0.2, 0) is 28.6 Å². The molecule has 6 nitrogen and oxygen atoms in total. The molecular formula is C49H94O6. The van der Waals surface area contributed by atoms with Crippen molar-refractivity contribution < 1.29 is 28.6 Å². The van der Waals surface area contributed by atoms with Crippen molar-refractivity contribution in [2.45, 2.75) is 278 Å². The first-order chi connectivity index (χ1) is 26.9. The van der Waals surface area contributed by atoms with E-state index in [0.29, 0.717) is 19.3 Å². The molecule has 0 rings (SSSR count). The molecule has 0 N–H and O–H groups in total. The van der Waals surface area contributed by atoms with Crippen LogP contribution in [0.25, 0.3) is 0 Å². The minimum Gasteiger partial charge on any atom is -0.462 e. The van der Waals surface area contributed by atoms with Crippen LogP contribution >= 0.6 is 0 Å². The van der Waals surface area contributed by atoms with Crippen LogP contribution in [0.3, 0.4) is 0 Å². The van der Waals surface area contributed by atoms with Crippen LogP contribution in [0.2, 0.25) is 0 Å². The SMILES string of the molecule is CCCCCCCCCCCCCCCCCCCC(=O)O[C@@H](COC(=O)CCCCCCC)COC(=O)CCCCCCCCCCCCCCC(C)C. The second kappa shape index (κ2) is 43.5. The number of carbonyl (C=O) groups excluding carboxylic acids is 3. The minimum atomic E-state index is -0.758. The van der Waals surface area contributed by atoms with Crippen LogP contribution in [0.4, 0.5) is 0 Å². The second-order valence-corrected chi connectivity index (χ2v) is 17.2. The molecule has 0 saturated heterocycles. The highest BCUT2D eigenvalue weighted by molar-refractivity contribution is 5.71. The summed E-state index contributed by atoms with van der Waals surface area (Å²) in [6.45, 7) is 8.94. The predicted octanol–water partition coefficient (Wildman–Crippen LogP) is 15.5. The van der Waals surface area contributed by atoms with Crippen molar-refractivity contribution in [3.8, 4) is 0 Å². The van der Waals surface area contributed by atoms with Crippen LogP contribution < -0.4 is 0 Å². The summed E-state index contributed by atoms with van der Waals surface area (Å²) < 4.78 is 16.7. The highest BCUT2D eigenvalue weighted by atomic mass is 16.6. The molecule has 0 aromatic carbocycles. The molecule has 0 aromatic heterocycles. The lowest BCUT2D eigenvalue weighted by atomic mass is 10.0. The molecule has 0 aromatic rings. The van der Waals surface area contributed by atoms with Crippen molar-refractivity contribution in [2.75, 3.05) is 13.2 Å². The zero-order valence-electron chi connectivity index (χ0n) is 37.4. The Morgan fingerprint density at radius 2 is 0.600 bits per heavy atom. The van der Waals surface area contributed by atoms with Gasteiger partial charge in [0.2, 0.25) is 0 Å². The fourth-order valence-corrected chi connectivity index (χ4v) is 7.33. The summed E-state index contributed by atoms with van der Waals surface area (Å²) in [6.07, 6.45) is 44.0. The number of ether oxygens (including phenoxy) is 3. The number of carbonyl (C=O) groups is 3. The van der Waals surface area contributed by atoms with Crippen molar-refractivity contribution in [1.29, 1.82) is 0 Å². The maximum Gasteiger partial charge on any atom is 0.306 e. The van der Waals surface area contributed by atoms with Crippen LogP contribution in [-0.4, -0.2) is 37.2 Å². The zero-order valence-corrected chi connectivity index (χ0v) is 37.4. The Bertz CT molecular complexity index is 826. The van der Waals surface area contributed by atoms with Gasteiger partial charge in [0.15, 0.2) is 6.10 Å². The van der Waals surface area contributed by atoms with E-state index in [4.69, 9.17) is 14.2 Å². The summed E-state index contributed by atoms with van der Waals surface area (Å²) >= 11 is 0. The van der Waals surface area contributed by atoms with Gasteiger partial charge in [-0.1, -0.05) is 233 Å². The molecule has 0 fully saturated rings. The Morgan fingerprint density at radius 1 is 0.345 bits per heavy atom. The molecular weight excluding hydrogens is 685 g/mol. The fourth-order valence-electron chi connectivity index (χ4n) is 7.33. The van der Waals surface area contributed by atoms with Crippen molar-refractivity contribution in [1.82, 2.24) is 0 Å². The van der Waals surface area contributed by atoms with Gasteiger partial charge in [0.1, 0.15) is 13.2 Å². The summed E-state index contributed by atoms with van der Waals surface area (Å²) in [5.41, 5.74) is 0. The normalized spacial score (nSPS) is 11.9. The molecule has 326 valence electrons. The molecule has 0 bridgehead atoms. The van der Waals surface area contributed by atoms with Gasteiger partial charge in [-0.05, 0) is 25.2 Å². The fraction of sp³-hybridized carbons (Fsp3) is 0.939.